The van der Waals surface area contributed by atoms with Gasteiger partial charge >= 0.3 is 0 Å². The molecule has 4 nitrogen and oxygen atoms in total. The zero-order valence-corrected chi connectivity index (χ0v) is 13.2. The first kappa shape index (κ1) is 15.8. The zero-order chi connectivity index (χ0) is 15.4. The summed E-state index contributed by atoms with van der Waals surface area (Å²) in [5.41, 5.74) is 1.17. The Bertz CT molecular complexity index is 462. The number of hydrogen-bond acceptors (Lipinski definition) is 3. The number of hydrogen-bond donors (Lipinski definition) is 2. The Morgan fingerprint density at radius 2 is 1.76 bits per heavy atom. The van der Waals surface area contributed by atoms with Crippen molar-refractivity contribution in [2.24, 2.45) is 5.92 Å². The molecule has 1 aliphatic rings. The predicted octanol–water partition coefficient (Wildman–Crippen LogP) is 2.69. The van der Waals surface area contributed by atoms with Gasteiger partial charge in [-0.3, -0.25) is 4.79 Å². The Hall–Kier alpha value is -1.55. The van der Waals surface area contributed by atoms with Gasteiger partial charge in [0, 0.05) is 31.1 Å². The van der Waals surface area contributed by atoms with E-state index in [0.29, 0.717) is 11.8 Å². The van der Waals surface area contributed by atoms with Gasteiger partial charge in [-0.25, -0.2) is 0 Å². The van der Waals surface area contributed by atoms with Gasteiger partial charge in [0.1, 0.15) is 5.75 Å². The molecule has 0 bridgehead atoms. The highest BCUT2D eigenvalue weighted by molar-refractivity contribution is 5.78. The molecule has 0 aliphatic carbocycles. The topological polar surface area (TPSA) is 52.6 Å². The fourth-order valence-electron chi connectivity index (χ4n) is 2.84. The van der Waals surface area contributed by atoms with Crippen LogP contribution in [0.4, 0.5) is 0 Å². The highest BCUT2D eigenvalue weighted by Gasteiger charge is 2.24. The summed E-state index contributed by atoms with van der Waals surface area (Å²) in [4.78, 5) is 13.9. The molecular weight excluding hydrogens is 264 g/mol. The van der Waals surface area contributed by atoms with Gasteiger partial charge < -0.3 is 15.3 Å². The predicted molar refractivity (Wildman–Crippen MR) is 84.1 cm³/mol. The summed E-state index contributed by atoms with van der Waals surface area (Å²) in [5.74, 6) is 0.650. The SMILES string of the molecule is CC(C)C(=O)N1CCC(NC(C)c2ccc(O)cc2)CC1. The number of likely N-dealkylation sites (tertiary alicyclic amines) is 1. The maximum atomic E-state index is 12.0. The Morgan fingerprint density at radius 1 is 1.19 bits per heavy atom. The van der Waals surface area contributed by atoms with E-state index < -0.39 is 0 Å². The highest BCUT2D eigenvalue weighted by atomic mass is 16.3. The summed E-state index contributed by atoms with van der Waals surface area (Å²) in [7, 11) is 0. The molecule has 1 atom stereocenters. The fraction of sp³-hybridized carbons (Fsp3) is 0.588. The molecule has 2 N–H and O–H groups in total. The van der Waals surface area contributed by atoms with E-state index in [4.69, 9.17) is 0 Å². The minimum absolute atomic E-state index is 0.0884. The van der Waals surface area contributed by atoms with Crippen LogP contribution < -0.4 is 5.32 Å². The molecule has 4 heteroatoms. The second-order valence-electron chi connectivity index (χ2n) is 6.23. The van der Waals surface area contributed by atoms with Crippen LogP contribution in [-0.2, 0) is 4.79 Å². The molecular formula is C17H26N2O2. The number of piperidine rings is 1. The van der Waals surface area contributed by atoms with Crippen LogP contribution in [0.25, 0.3) is 0 Å². The number of carbonyl (C=O) groups excluding carboxylic acids is 1. The number of aromatic hydroxyl groups is 1. The van der Waals surface area contributed by atoms with Crippen molar-refractivity contribution in [3.8, 4) is 5.75 Å². The Balaban J connectivity index is 1.83. The lowest BCUT2D eigenvalue weighted by molar-refractivity contribution is -0.135. The minimum atomic E-state index is 0.0884. The van der Waals surface area contributed by atoms with E-state index in [1.165, 1.54) is 5.56 Å². The van der Waals surface area contributed by atoms with Gasteiger partial charge in [-0.2, -0.15) is 0 Å². The van der Waals surface area contributed by atoms with E-state index in [1.54, 1.807) is 12.1 Å². The third-order valence-electron chi connectivity index (χ3n) is 4.18. The smallest absolute Gasteiger partial charge is 0.225 e. The lowest BCUT2D eigenvalue weighted by Crippen LogP contribution is -2.46. The maximum absolute atomic E-state index is 12.0. The molecule has 116 valence electrons. The first-order valence-corrected chi connectivity index (χ1v) is 7.81. The van der Waals surface area contributed by atoms with E-state index in [0.717, 1.165) is 25.9 Å². The molecule has 1 saturated heterocycles. The number of amides is 1. The number of phenols is 1. The monoisotopic (exact) mass is 290 g/mol. The van der Waals surface area contributed by atoms with Crippen LogP contribution in [0.3, 0.4) is 0 Å². The van der Waals surface area contributed by atoms with Crippen LogP contribution in [0.5, 0.6) is 5.75 Å². The van der Waals surface area contributed by atoms with Gasteiger partial charge in [-0.05, 0) is 37.5 Å². The number of carbonyl (C=O) groups is 1. The van der Waals surface area contributed by atoms with Gasteiger partial charge in [0.15, 0.2) is 0 Å². The van der Waals surface area contributed by atoms with Crippen LogP contribution >= 0.6 is 0 Å². The van der Waals surface area contributed by atoms with Crippen molar-refractivity contribution in [1.82, 2.24) is 10.2 Å². The average molecular weight is 290 g/mol. The maximum Gasteiger partial charge on any atom is 0.225 e. The van der Waals surface area contributed by atoms with Gasteiger partial charge in [0.25, 0.3) is 0 Å². The number of benzene rings is 1. The molecule has 0 radical (unpaired) electrons. The number of phenolic OH excluding ortho intramolecular Hbond substituents is 1. The Labute approximate surface area is 127 Å². The van der Waals surface area contributed by atoms with E-state index in [2.05, 4.69) is 12.2 Å². The van der Waals surface area contributed by atoms with Gasteiger partial charge in [-0.15, -0.1) is 0 Å². The van der Waals surface area contributed by atoms with E-state index in [-0.39, 0.29) is 17.9 Å². The fourth-order valence-corrected chi connectivity index (χ4v) is 2.84. The number of nitrogens with one attached hydrogen (secondary N) is 1. The molecule has 1 fully saturated rings. The van der Waals surface area contributed by atoms with Crippen LogP contribution in [0, 0.1) is 5.92 Å². The summed E-state index contributed by atoms with van der Waals surface area (Å²) < 4.78 is 0. The standard InChI is InChI=1S/C17H26N2O2/c1-12(2)17(21)19-10-8-15(9-11-19)18-13(3)14-4-6-16(20)7-5-14/h4-7,12-13,15,18,20H,8-11H2,1-3H3. The molecule has 0 saturated carbocycles. The Morgan fingerprint density at radius 3 is 2.29 bits per heavy atom. The first-order chi connectivity index (χ1) is 9.97. The summed E-state index contributed by atoms with van der Waals surface area (Å²) in [6, 6.07) is 8.04. The van der Waals surface area contributed by atoms with Crippen molar-refractivity contribution in [3.63, 3.8) is 0 Å². The molecule has 1 heterocycles. The van der Waals surface area contributed by atoms with Gasteiger partial charge in [0.05, 0.1) is 0 Å². The van der Waals surface area contributed by atoms with Crippen LogP contribution in [0.1, 0.15) is 45.2 Å². The lowest BCUT2D eigenvalue weighted by Gasteiger charge is -2.35. The van der Waals surface area contributed by atoms with Gasteiger partial charge in [0.2, 0.25) is 5.91 Å². The van der Waals surface area contributed by atoms with Crippen molar-refractivity contribution in [2.75, 3.05) is 13.1 Å². The summed E-state index contributed by atoms with van der Waals surface area (Å²) >= 11 is 0. The molecule has 1 aromatic carbocycles. The number of rotatable bonds is 4. The van der Waals surface area contributed by atoms with Crippen molar-refractivity contribution >= 4 is 5.91 Å². The second kappa shape index (κ2) is 6.94. The molecule has 1 amide bonds. The van der Waals surface area contributed by atoms with Crippen LogP contribution in [-0.4, -0.2) is 35.0 Å². The molecule has 21 heavy (non-hydrogen) atoms. The number of nitrogens with zero attached hydrogens (tertiary/aromatic N) is 1. The van der Waals surface area contributed by atoms with E-state index in [9.17, 15) is 9.90 Å². The highest BCUT2D eigenvalue weighted by Crippen LogP contribution is 2.20. The summed E-state index contributed by atoms with van der Waals surface area (Å²) in [5, 5.41) is 13.0. The van der Waals surface area contributed by atoms with Crippen molar-refractivity contribution in [2.45, 2.75) is 45.7 Å². The van der Waals surface area contributed by atoms with Crippen molar-refractivity contribution in [1.29, 1.82) is 0 Å². The largest absolute Gasteiger partial charge is 0.508 e. The molecule has 0 aromatic heterocycles. The Kier molecular flexibility index (Phi) is 5.23. The molecule has 2 rings (SSSR count). The molecule has 1 aliphatic heterocycles. The molecule has 0 spiro atoms. The van der Waals surface area contributed by atoms with Crippen molar-refractivity contribution in [3.05, 3.63) is 29.8 Å². The third-order valence-corrected chi connectivity index (χ3v) is 4.18. The van der Waals surface area contributed by atoms with Crippen LogP contribution in [0.15, 0.2) is 24.3 Å². The zero-order valence-electron chi connectivity index (χ0n) is 13.2. The van der Waals surface area contributed by atoms with Crippen molar-refractivity contribution < 1.29 is 9.90 Å². The lowest BCUT2D eigenvalue weighted by atomic mass is 10.0. The first-order valence-electron chi connectivity index (χ1n) is 7.81. The third kappa shape index (κ3) is 4.21. The van der Waals surface area contributed by atoms with E-state index >= 15 is 0 Å². The molecule has 1 aromatic rings. The normalized spacial score (nSPS) is 18.0. The minimum Gasteiger partial charge on any atom is -0.508 e. The van der Waals surface area contributed by atoms with Gasteiger partial charge in [-0.1, -0.05) is 26.0 Å². The molecule has 1 unspecified atom stereocenters. The summed E-state index contributed by atoms with van der Waals surface area (Å²) in [6.07, 6.45) is 2.00. The van der Waals surface area contributed by atoms with E-state index in [1.807, 2.05) is 30.9 Å². The quantitative estimate of drug-likeness (QED) is 0.896. The second-order valence-corrected chi connectivity index (χ2v) is 6.23. The summed E-state index contributed by atoms with van der Waals surface area (Å²) in [6.45, 7) is 7.74. The van der Waals surface area contributed by atoms with Crippen LogP contribution in [0.2, 0.25) is 0 Å². The average Bonchev–Trinajstić information content (AvgIpc) is 2.47.